The number of nitrogens with one attached hydrogen (secondary N) is 2. The average molecular weight is 266 g/mol. The van der Waals surface area contributed by atoms with Crippen molar-refractivity contribution in [2.45, 2.75) is 44.8 Å². The molecule has 4 nitrogen and oxygen atoms in total. The van der Waals surface area contributed by atoms with Gasteiger partial charge in [0.2, 0.25) is 0 Å². The first-order valence-corrected chi connectivity index (χ1v) is 6.56. The van der Waals surface area contributed by atoms with Gasteiger partial charge < -0.3 is 15.7 Å². The number of carbonyl (C=O) groups excluding carboxylic acids is 1. The molecule has 3 N–H and O–H groups in total. The van der Waals surface area contributed by atoms with Gasteiger partial charge in [-0.25, -0.2) is 9.18 Å². The van der Waals surface area contributed by atoms with Crippen LogP contribution in [0.4, 0.5) is 14.9 Å². The van der Waals surface area contributed by atoms with E-state index in [1.807, 2.05) is 0 Å². The lowest BCUT2D eigenvalue weighted by molar-refractivity contribution is 0.118. The van der Waals surface area contributed by atoms with E-state index in [1.165, 1.54) is 12.1 Å². The van der Waals surface area contributed by atoms with Crippen LogP contribution in [0.3, 0.4) is 0 Å². The van der Waals surface area contributed by atoms with Crippen molar-refractivity contribution in [3.63, 3.8) is 0 Å². The number of aryl methyl sites for hydroxylation is 1. The lowest BCUT2D eigenvalue weighted by Gasteiger charge is -2.26. The highest BCUT2D eigenvalue weighted by molar-refractivity contribution is 5.89. The number of amides is 2. The zero-order valence-corrected chi connectivity index (χ0v) is 10.9. The summed E-state index contributed by atoms with van der Waals surface area (Å²) in [4.78, 5) is 11.8. The molecule has 0 atom stereocenters. The van der Waals surface area contributed by atoms with E-state index in [0.29, 0.717) is 11.3 Å². The molecule has 2 amide bonds. The van der Waals surface area contributed by atoms with E-state index in [2.05, 4.69) is 10.6 Å². The Kier molecular flexibility index (Phi) is 4.37. The maximum absolute atomic E-state index is 13.1. The van der Waals surface area contributed by atoms with Crippen LogP contribution in [-0.4, -0.2) is 23.3 Å². The number of anilines is 1. The molecule has 5 heteroatoms. The maximum atomic E-state index is 13.1. The maximum Gasteiger partial charge on any atom is 0.319 e. The van der Waals surface area contributed by atoms with E-state index in [0.717, 1.165) is 25.7 Å². The van der Waals surface area contributed by atoms with E-state index >= 15 is 0 Å². The van der Waals surface area contributed by atoms with Crippen LogP contribution in [0.25, 0.3) is 0 Å². The molecule has 104 valence electrons. The normalized spacial score (nSPS) is 22.9. The number of hydrogen-bond donors (Lipinski definition) is 3. The van der Waals surface area contributed by atoms with Gasteiger partial charge in [0.1, 0.15) is 5.82 Å². The second-order valence-electron chi connectivity index (χ2n) is 5.07. The Morgan fingerprint density at radius 2 is 2.00 bits per heavy atom. The third-order valence-electron chi connectivity index (χ3n) is 3.45. The summed E-state index contributed by atoms with van der Waals surface area (Å²) >= 11 is 0. The van der Waals surface area contributed by atoms with Crippen LogP contribution in [0.15, 0.2) is 18.2 Å². The van der Waals surface area contributed by atoms with E-state index in [9.17, 15) is 14.3 Å². The van der Waals surface area contributed by atoms with Crippen molar-refractivity contribution in [1.29, 1.82) is 0 Å². The fourth-order valence-corrected chi connectivity index (χ4v) is 2.30. The van der Waals surface area contributed by atoms with Crippen LogP contribution in [-0.2, 0) is 0 Å². The van der Waals surface area contributed by atoms with Gasteiger partial charge in [-0.1, -0.05) is 0 Å². The van der Waals surface area contributed by atoms with Crippen LogP contribution in [0.5, 0.6) is 0 Å². The molecule has 0 unspecified atom stereocenters. The summed E-state index contributed by atoms with van der Waals surface area (Å²) in [7, 11) is 0. The highest BCUT2D eigenvalue weighted by Gasteiger charge is 2.20. The third-order valence-corrected chi connectivity index (χ3v) is 3.45. The second-order valence-corrected chi connectivity index (χ2v) is 5.07. The molecule has 1 aliphatic carbocycles. The number of hydrogen-bond acceptors (Lipinski definition) is 2. The molecule has 1 saturated carbocycles. The minimum absolute atomic E-state index is 0.102. The van der Waals surface area contributed by atoms with Crippen molar-refractivity contribution in [1.82, 2.24) is 5.32 Å². The van der Waals surface area contributed by atoms with Gasteiger partial charge in [-0.15, -0.1) is 0 Å². The number of aliphatic hydroxyl groups is 1. The van der Waals surface area contributed by atoms with Crippen molar-refractivity contribution in [3.05, 3.63) is 29.6 Å². The Labute approximate surface area is 112 Å². The summed E-state index contributed by atoms with van der Waals surface area (Å²) < 4.78 is 13.1. The van der Waals surface area contributed by atoms with Gasteiger partial charge >= 0.3 is 6.03 Å². The van der Waals surface area contributed by atoms with E-state index in [-0.39, 0.29) is 24.0 Å². The van der Waals surface area contributed by atoms with Gasteiger partial charge in [-0.05, 0) is 56.4 Å². The Morgan fingerprint density at radius 1 is 1.32 bits per heavy atom. The quantitative estimate of drug-likeness (QED) is 0.770. The molecule has 0 bridgehead atoms. The Bertz CT molecular complexity index is 457. The molecule has 0 saturated heterocycles. The van der Waals surface area contributed by atoms with Crippen molar-refractivity contribution in [3.8, 4) is 0 Å². The summed E-state index contributed by atoms with van der Waals surface area (Å²) in [5.41, 5.74) is 1.07. The monoisotopic (exact) mass is 266 g/mol. The molecular weight excluding hydrogens is 247 g/mol. The predicted molar refractivity (Wildman–Crippen MR) is 71.6 cm³/mol. The second kappa shape index (κ2) is 6.02. The number of carbonyl (C=O) groups is 1. The van der Waals surface area contributed by atoms with E-state index in [4.69, 9.17) is 0 Å². The smallest absolute Gasteiger partial charge is 0.319 e. The van der Waals surface area contributed by atoms with Crippen LogP contribution < -0.4 is 10.6 Å². The molecule has 1 aromatic carbocycles. The zero-order chi connectivity index (χ0) is 13.8. The standard InChI is InChI=1S/C14H19FN2O2/c1-9-8-11(4-7-13(9)15)17-14(19)16-10-2-5-12(18)6-3-10/h4,7-8,10,12,18H,2-3,5-6H2,1H3,(H2,16,17,19). The topological polar surface area (TPSA) is 61.4 Å². The van der Waals surface area contributed by atoms with Crippen LogP contribution in [0.1, 0.15) is 31.2 Å². The summed E-state index contributed by atoms with van der Waals surface area (Å²) in [6.45, 7) is 1.65. The molecule has 1 aromatic rings. The summed E-state index contributed by atoms with van der Waals surface area (Å²) in [5.74, 6) is -0.285. The van der Waals surface area contributed by atoms with Crippen molar-refractivity contribution < 1.29 is 14.3 Å². The molecule has 0 heterocycles. The molecule has 0 aliphatic heterocycles. The van der Waals surface area contributed by atoms with Crippen molar-refractivity contribution in [2.75, 3.05) is 5.32 Å². The van der Waals surface area contributed by atoms with Gasteiger partial charge in [0.15, 0.2) is 0 Å². The van der Waals surface area contributed by atoms with Crippen LogP contribution in [0, 0.1) is 12.7 Å². The van der Waals surface area contributed by atoms with Gasteiger partial charge in [0.25, 0.3) is 0 Å². The van der Waals surface area contributed by atoms with Gasteiger partial charge in [-0.3, -0.25) is 0 Å². The fraction of sp³-hybridized carbons (Fsp3) is 0.500. The number of rotatable bonds is 2. The van der Waals surface area contributed by atoms with Crippen molar-refractivity contribution in [2.24, 2.45) is 0 Å². The molecule has 0 aromatic heterocycles. The first-order valence-electron chi connectivity index (χ1n) is 6.56. The molecule has 1 fully saturated rings. The Morgan fingerprint density at radius 3 is 2.63 bits per heavy atom. The highest BCUT2D eigenvalue weighted by Crippen LogP contribution is 2.18. The molecule has 1 aliphatic rings. The van der Waals surface area contributed by atoms with E-state index < -0.39 is 0 Å². The van der Waals surface area contributed by atoms with Gasteiger partial charge in [0.05, 0.1) is 6.10 Å². The zero-order valence-electron chi connectivity index (χ0n) is 10.9. The number of aliphatic hydroxyl groups excluding tert-OH is 1. The lowest BCUT2D eigenvalue weighted by atomic mass is 9.93. The largest absolute Gasteiger partial charge is 0.393 e. The number of halogens is 1. The first-order chi connectivity index (χ1) is 9.04. The Hall–Kier alpha value is -1.62. The predicted octanol–water partition coefficient (Wildman–Crippen LogP) is 2.56. The minimum Gasteiger partial charge on any atom is -0.393 e. The summed E-state index contributed by atoms with van der Waals surface area (Å²) in [6, 6.07) is 4.28. The summed E-state index contributed by atoms with van der Waals surface area (Å²) in [5, 5.41) is 14.9. The van der Waals surface area contributed by atoms with E-state index in [1.54, 1.807) is 13.0 Å². The van der Waals surface area contributed by atoms with Crippen LogP contribution in [0.2, 0.25) is 0 Å². The van der Waals surface area contributed by atoms with Gasteiger partial charge in [0, 0.05) is 11.7 Å². The molecule has 0 spiro atoms. The Balaban J connectivity index is 1.85. The molecule has 0 radical (unpaired) electrons. The first kappa shape index (κ1) is 13.8. The van der Waals surface area contributed by atoms with Gasteiger partial charge in [-0.2, -0.15) is 0 Å². The lowest BCUT2D eigenvalue weighted by Crippen LogP contribution is -2.40. The fourth-order valence-electron chi connectivity index (χ4n) is 2.30. The third kappa shape index (κ3) is 3.92. The molecule has 2 rings (SSSR count). The number of urea groups is 1. The SMILES string of the molecule is Cc1cc(NC(=O)NC2CCC(O)CC2)ccc1F. The average Bonchev–Trinajstić information content (AvgIpc) is 2.37. The minimum atomic E-state index is -0.285. The summed E-state index contributed by atoms with van der Waals surface area (Å²) in [6.07, 6.45) is 2.79. The molecular formula is C14H19FN2O2. The highest BCUT2D eigenvalue weighted by atomic mass is 19.1. The number of benzene rings is 1. The van der Waals surface area contributed by atoms with Crippen molar-refractivity contribution >= 4 is 11.7 Å². The van der Waals surface area contributed by atoms with Crippen LogP contribution >= 0.6 is 0 Å². The molecule has 19 heavy (non-hydrogen) atoms.